The number of amides is 2. The molecule has 0 saturated heterocycles. The number of ether oxygens (including phenoxy) is 1. The van der Waals surface area contributed by atoms with Crippen LogP contribution in [0.2, 0.25) is 0 Å². The first-order chi connectivity index (χ1) is 9.38. The predicted molar refractivity (Wildman–Crippen MR) is 76.5 cm³/mol. The maximum absolute atomic E-state index is 11.3. The molecule has 1 aliphatic heterocycles. The van der Waals surface area contributed by atoms with Crippen molar-refractivity contribution in [2.45, 2.75) is 26.2 Å². The fraction of sp³-hybridized carbons (Fsp3) is 0.375. The summed E-state index contributed by atoms with van der Waals surface area (Å²) in [4.78, 5) is 23.9. The Labute approximate surface area is 119 Å². The summed E-state index contributed by atoms with van der Waals surface area (Å²) in [7, 11) is 0. The second-order valence-electron chi connectivity index (χ2n) is 5.78. The van der Waals surface area contributed by atoms with Crippen LogP contribution in [0.5, 0.6) is 5.75 Å². The van der Waals surface area contributed by atoms with E-state index in [9.17, 15) is 9.59 Å². The lowest BCUT2D eigenvalue weighted by molar-refractivity contribution is -0.137. The molecule has 0 saturated carbocycles. The number of nitrogens with zero attached hydrogens (tertiary/aromatic N) is 1. The van der Waals surface area contributed by atoms with Gasteiger partial charge in [-0.1, -0.05) is 32.9 Å². The predicted octanol–water partition coefficient (Wildman–Crippen LogP) is 2.29. The molecule has 1 aromatic carbocycles. The van der Waals surface area contributed by atoms with Crippen LogP contribution >= 0.6 is 0 Å². The Bertz CT molecular complexity index is 520. The van der Waals surface area contributed by atoms with Crippen LogP contribution in [0.1, 0.15) is 26.3 Å². The molecule has 2 amide bonds. The number of hydrogen-bond donors (Lipinski definition) is 0. The summed E-state index contributed by atoms with van der Waals surface area (Å²) in [6.45, 7) is 7.03. The molecule has 0 bridgehead atoms. The first-order valence-corrected chi connectivity index (χ1v) is 6.65. The molecule has 0 fully saturated rings. The summed E-state index contributed by atoms with van der Waals surface area (Å²) in [5, 5.41) is 0. The van der Waals surface area contributed by atoms with Gasteiger partial charge in [0.05, 0.1) is 6.54 Å². The van der Waals surface area contributed by atoms with E-state index >= 15 is 0 Å². The van der Waals surface area contributed by atoms with Gasteiger partial charge in [0.1, 0.15) is 12.4 Å². The minimum absolute atomic E-state index is 0.110. The van der Waals surface area contributed by atoms with E-state index in [0.29, 0.717) is 6.61 Å². The van der Waals surface area contributed by atoms with Gasteiger partial charge in [-0.3, -0.25) is 14.5 Å². The van der Waals surface area contributed by atoms with E-state index in [1.807, 2.05) is 24.3 Å². The lowest BCUT2D eigenvalue weighted by Gasteiger charge is -2.19. The molecular formula is C16H19NO3. The highest BCUT2D eigenvalue weighted by Gasteiger charge is 2.22. The van der Waals surface area contributed by atoms with E-state index in [1.165, 1.54) is 22.6 Å². The molecular weight excluding hydrogens is 254 g/mol. The molecule has 1 aromatic rings. The van der Waals surface area contributed by atoms with Crippen molar-refractivity contribution in [3.8, 4) is 5.75 Å². The van der Waals surface area contributed by atoms with Gasteiger partial charge in [0, 0.05) is 12.2 Å². The van der Waals surface area contributed by atoms with Gasteiger partial charge < -0.3 is 4.74 Å². The number of carbonyl (C=O) groups is 2. The summed E-state index contributed by atoms with van der Waals surface area (Å²) in [6, 6.07) is 7.88. The van der Waals surface area contributed by atoms with Gasteiger partial charge in [0.2, 0.25) is 0 Å². The summed E-state index contributed by atoms with van der Waals surface area (Å²) < 4.78 is 5.56. The standard InChI is InChI=1S/C16H19NO3/c1-16(2,3)12-4-6-13(7-5-12)20-11-10-17-14(18)8-9-15(17)19/h4-9H,10-11H2,1-3H3. The zero-order valence-corrected chi connectivity index (χ0v) is 12.1. The van der Waals surface area contributed by atoms with Gasteiger partial charge >= 0.3 is 0 Å². The number of hydrogen-bond acceptors (Lipinski definition) is 3. The van der Waals surface area contributed by atoms with Crippen LogP contribution in [0.25, 0.3) is 0 Å². The van der Waals surface area contributed by atoms with E-state index in [2.05, 4.69) is 20.8 Å². The third-order valence-electron chi connectivity index (χ3n) is 3.20. The summed E-state index contributed by atoms with van der Waals surface area (Å²) >= 11 is 0. The Morgan fingerprint density at radius 1 is 1.00 bits per heavy atom. The largest absolute Gasteiger partial charge is 0.492 e. The Morgan fingerprint density at radius 2 is 1.55 bits per heavy atom. The van der Waals surface area contributed by atoms with Crippen molar-refractivity contribution in [3.05, 3.63) is 42.0 Å². The van der Waals surface area contributed by atoms with E-state index in [4.69, 9.17) is 4.74 Å². The van der Waals surface area contributed by atoms with Crippen molar-refractivity contribution in [1.29, 1.82) is 0 Å². The number of rotatable bonds is 4. The molecule has 4 nitrogen and oxygen atoms in total. The molecule has 1 heterocycles. The molecule has 106 valence electrons. The smallest absolute Gasteiger partial charge is 0.253 e. The zero-order chi connectivity index (χ0) is 14.8. The highest BCUT2D eigenvalue weighted by Crippen LogP contribution is 2.24. The number of carbonyl (C=O) groups excluding carboxylic acids is 2. The van der Waals surface area contributed by atoms with Gasteiger partial charge in [-0.25, -0.2) is 0 Å². The monoisotopic (exact) mass is 273 g/mol. The highest BCUT2D eigenvalue weighted by atomic mass is 16.5. The molecule has 0 unspecified atom stereocenters. The average molecular weight is 273 g/mol. The van der Waals surface area contributed by atoms with Crippen LogP contribution in [-0.2, 0) is 15.0 Å². The minimum Gasteiger partial charge on any atom is -0.492 e. The third-order valence-corrected chi connectivity index (χ3v) is 3.20. The Balaban J connectivity index is 1.86. The van der Waals surface area contributed by atoms with Crippen LogP contribution in [0.4, 0.5) is 0 Å². The van der Waals surface area contributed by atoms with Crippen LogP contribution in [-0.4, -0.2) is 29.9 Å². The van der Waals surface area contributed by atoms with Gasteiger partial charge in [-0.05, 0) is 23.1 Å². The first-order valence-electron chi connectivity index (χ1n) is 6.65. The molecule has 0 aromatic heterocycles. The van der Waals surface area contributed by atoms with Crippen molar-refractivity contribution >= 4 is 11.8 Å². The van der Waals surface area contributed by atoms with Gasteiger partial charge in [0.25, 0.3) is 11.8 Å². The zero-order valence-electron chi connectivity index (χ0n) is 12.1. The fourth-order valence-electron chi connectivity index (χ4n) is 1.96. The maximum Gasteiger partial charge on any atom is 0.253 e. The molecule has 0 atom stereocenters. The highest BCUT2D eigenvalue weighted by molar-refractivity contribution is 6.12. The second-order valence-corrected chi connectivity index (χ2v) is 5.78. The normalized spacial score (nSPS) is 15.1. The summed E-state index contributed by atoms with van der Waals surface area (Å²) in [5.41, 5.74) is 1.34. The van der Waals surface area contributed by atoms with Gasteiger partial charge in [-0.2, -0.15) is 0 Å². The Kier molecular flexibility index (Phi) is 3.93. The molecule has 0 spiro atoms. The van der Waals surface area contributed by atoms with Gasteiger partial charge in [0.15, 0.2) is 0 Å². The van der Waals surface area contributed by atoms with Crippen LogP contribution in [0.15, 0.2) is 36.4 Å². The molecule has 1 aliphatic rings. The first kappa shape index (κ1) is 14.3. The third kappa shape index (κ3) is 3.26. The SMILES string of the molecule is CC(C)(C)c1ccc(OCCN2C(=O)C=CC2=O)cc1. The van der Waals surface area contributed by atoms with Crippen molar-refractivity contribution < 1.29 is 14.3 Å². The molecule has 0 radical (unpaired) electrons. The minimum atomic E-state index is -0.276. The lowest BCUT2D eigenvalue weighted by atomic mass is 9.87. The van der Waals surface area contributed by atoms with Gasteiger partial charge in [-0.15, -0.1) is 0 Å². The van der Waals surface area contributed by atoms with E-state index in [1.54, 1.807) is 0 Å². The lowest BCUT2D eigenvalue weighted by Crippen LogP contribution is -2.33. The molecule has 20 heavy (non-hydrogen) atoms. The van der Waals surface area contributed by atoms with E-state index < -0.39 is 0 Å². The molecule has 0 N–H and O–H groups in total. The molecule has 2 rings (SSSR count). The van der Waals surface area contributed by atoms with Crippen molar-refractivity contribution in [3.63, 3.8) is 0 Å². The van der Waals surface area contributed by atoms with Crippen LogP contribution in [0, 0.1) is 0 Å². The van der Waals surface area contributed by atoms with Crippen LogP contribution in [0.3, 0.4) is 0 Å². The quantitative estimate of drug-likeness (QED) is 0.791. The Hall–Kier alpha value is -2.10. The van der Waals surface area contributed by atoms with Crippen molar-refractivity contribution in [1.82, 2.24) is 4.90 Å². The maximum atomic E-state index is 11.3. The number of benzene rings is 1. The fourth-order valence-corrected chi connectivity index (χ4v) is 1.96. The van der Waals surface area contributed by atoms with Crippen LogP contribution < -0.4 is 4.74 Å². The number of imide groups is 1. The Morgan fingerprint density at radius 3 is 2.05 bits per heavy atom. The van der Waals surface area contributed by atoms with E-state index in [-0.39, 0.29) is 23.8 Å². The van der Waals surface area contributed by atoms with Crippen molar-refractivity contribution in [2.24, 2.45) is 0 Å². The molecule has 0 aliphatic carbocycles. The average Bonchev–Trinajstić information content (AvgIpc) is 2.70. The van der Waals surface area contributed by atoms with E-state index in [0.717, 1.165) is 5.75 Å². The summed E-state index contributed by atoms with van der Waals surface area (Å²) in [5.74, 6) is 0.188. The summed E-state index contributed by atoms with van der Waals surface area (Å²) in [6.07, 6.45) is 2.56. The molecule has 4 heteroatoms. The van der Waals surface area contributed by atoms with Crippen molar-refractivity contribution in [2.75, 3.05) is 13.2 Å². The topological polar surface area (TPSA) is 46.6 Å². The second kappa shape index (κ2) is 5.49.